The fourth-order valence-corrected chi connectivity index (χ4v) is 5.51. The lowest BCUT2D eigenvalue weighted by molar-refractivity contribution is -0.869. The summed E-state index contributed by atoms with van der Waals surface area (Å²) in [6.45, 7) is 9.05. The summed E-state index contributed by atoms with van der Waals surface area (Å²) < 4.78 is 29.0. The van der Waals surface area contributed by atoms with Crippen molar-refractivity contribution in [2.24, 2.45) is 29.0 Å². The van der Waals surface area contributed by atoms with Crippen LogP contribution in [0.1, 0.15) is 71.6 Å². The lowest BCUT2D eigenvalue weighted by Gasteiger charge is -2.29. The van der Waals surface area contributed by atoms with Crippen LogP contribution in [0.3, 0.4) is 0 Å². The smallest absolute Gasteiger partial charge is 0.246 e. The quantitative estimate of drug-likeness (QED) is 0.0197. The largest absolute Gasteiger partial charge is 0.398 e. The minimum atomic E-state index is -0.777. The normalized spacial score (nSPS) is 16.3. The lowest BCUT2D eigenvalue weighted by Crippen LogP contribution is -2.52. The highest BCUT2D eigenvalue weighted by Gasteiger charge is 2.25. The van der Waals surface area contributed by atoms with Gasteiger partial charge in [0, 0.05) is 13.0 Å². The molecule has 0 saturated carbocycles. The average molecular weight is 789 g/mol. The van der Waals surface area contributed by atoms with Gasteiger partial charge in [0.05, 0.1) is 117 Å². The summed E-state index contributed by atoms with van der Waals surface area (Å²) in [7, 11) is 6.25. The number of likely N-dealkylation sites (N-methyl/N-ethyl adjacent to an activating group) is 1. The molecule has 3 unspecified atom stereocenters. The second kappa shape index (κ2) is 29.2. The van der Waals surface area contributed by atoms with E-state index < -0.39 is 30.0 Å². The molecule has 11 N–H and O–H groups in total. The number of carbonyl (C=O) groups excluding carboxylic acids is 4. The topological polar surface area (TPSA) is 258 Å². The Hall–Kier alpha value is -3.10. The maximum Gasteiger partial charge on any atom is 0.246 e. The van der Waals surface area contributed by atoms with Crippen LogP contribution in [0.2, 0.25) is 0 Å². The molecule has 0 aromatic carbocycles. The molecule has 0 aromatic rings. The number of allylic oxidation sites excluding steroid dienone is 1. The predicted molar refractivity (Wildman–Crippen MR) is 210 cm³/mol. The van der Waals surface area contributed by atoms with Crippen LogP contribution >= 0.6 is 0 Å². The maximum atomic E-state index is 12.5. The van der Waals surface area contributed by atoms with Crippen LogP contribution in [0.4, 0.5) is 0 Å². The Morgan fingerprint density at radius 1 is 0.836 bits per heavy atom. The third kappa shape index (κ3) is 24.9. The first-order valence-corrected chi connectivity index (χ1v) is 19.7. The summed E-state index contributed by atoms with van der Waals surface area (Å²) in [6.07, 6.45) is 5.79. The highest BCUT2D eigenvalue weighted by atomic mass is 16.6. The van der Waals surface area contributed by atoms with E-state index in [1.54, 1.807) is 18.9 Å². The first-order valence-electron chi connectivity index (χ1n) is 19.7. The number of amides is 4. The van der Waals surface area contributed by atoms with Crippen LogP contribution in [0.15, 0.2) is 11.4 Å². The summed E-state index contributed by atoms with van der Waals surface area (Å²) in [6, 6.07) is -1.55. The van der Waals surface area contributed by atoms with Gasteiger partial charge in [0.15, 0.2) is 0 Å². The standard InChI is InChI=1S/C37H73N9O9/c1-28(2)35(36(40)49)44-37(50)29(38)11-9-10-15-42-33(48)27-55-31-13-8-6-7-12-30(34(31)39)45(41)17-20-52-22-24-54-26-25-53-23-21-51-19-14-32(47)43-16-18-46(3,4)5/h28-29,31,35H,6-27,38-39,41H2,1-5H3,(H4-,40,42,43,44,47,48,49,50)/p+1. The molecule has 0 spiro atoms. The first-order chi connectivity index (χ1) is 26.1. The second-order valence-corrected chi connectivity index (χ2v) is 15.1. The SMILES string of the molecule is CC(C)C(NC(=O)C(N)CCCCNC(=O)COC1CCCCCC(N(N)CCOCCOCCOCCOCCC(=O)NCC[N+](C)(C)C)=C1N)C(N)=O. The van der Waals surface area contributed by atoms with E-state index >= 15 is 0 Å². The number of quaternary nitrogens is 1. The van der Waals surface area contributed by atoms with Crippen molar-refractivity contribution in [3.8, 4) is 0 Å². The number of nitrogens with zero attached hydrogens (tertiary/aromatic N) is 2. The first kappa shape index (κ1) is 49.9. The van der Waals surface area contributed by atoms with Crippen molar-refractivity contribution in [3.63, 3.8) is 0 Å². The summed E-state index contributed by atoms with van der Waals surface area (Å²) in [5.74, 6) is 4.95. The zero-order chi connectivity index (χ0) is 41.1. The predicted octanol–water partition coefficient (Wildman–Crippen LogP) is -0.800. The fourth-order valence-electron chi connectivity index (χ4n) is 5.51. The van der Waals surface area contributed by atoms with E-state index in [1.165, 1.54) is 0 Å². The van der Waals surface area contributed by atoms with Gasteiger partial charge in [0.25, 0.3) is 0 Å². The third-order valence-corrected chi connectivity index (χ3v) is 8.86. The van der Waals surface area contributed by atoms with E-state index in [0.29, 0.717) is 117 Å². The molecular formula is C37H74N9O9+. The molecular weight excluding hydrogens is 714 g/mol. The van der Waals surface area contributed by atoms with Crippen molar-refractivity contribution in [2.75, 3.05) is 107 Å². The fraction of sp³-hybridized carbons (Fsp3) is 0.838. The van der Waals surface area contributed by atoms with Crippen LogP contribution in [0.5, 0.6) is 0 Å². The molecule has 1 aliphatic rings. The van der Waals surface area contributed by atoms with E-state index in [1.807, 2.05) is 0 Å². The summed E-state index contributed by atoms with van der Waals surface area (Å²) in [5, 5.41) is 9.94. The number of rotatable bonds is 31. The number of carbonyl (C=O) groups is 4. The molecule has 18 heteroatoms. The molecule has 4 amide bonds. The number of nitrogens with one attached hydrogen (secondary N) is 3. The number of hydrogen-bond acceptors (Lipinski definition) is 13. The molecule has 1 rings (SSSR count). The van der Waals surface area contributed by atoms with E-state index in [-0.39, 0.29) is 24.3 Å². The van der Waals surface area contributed by atoms with E-state index in [9.17, 15) is 19.2 Å². The van der Waals surface area contributed by atoms with Gasteiger partial charge in [-0.05, 0) is 44.4 Å². The van der Waals surface area contributed by atoms with Crippen LogP contribution < -0.4 is 39.0 Å². The number of nitrogens with two attached hydrogens (primary N) is 4. The van der Waals surface area contributed by atoms with Crippen molar-refractivity contribution in [2.45, 2.75) is 89.8 Å². The molecule has 0 aromatic heterocycles. The van der Waals surface area contributed by atoms with E-state index in [2.05, 4.69) is 37.1 Å². The van der Waals surface area contributed by atoms with Gasteiger partial charge in [0.2, 0.25) is 23.6 Å². The summed E-state index contributed by atoms with van der Waals surface area (Å²) in [4.78, 5) is 48.2. The highest BCUT2D eigenvalue weighted by molar-refractivity contribution is 5.89. The lowest BCUT2D eigenvalue weighted by atomic mass is 9.99. The molecule has 0 bridgehead atoms. The van der Waals surface area contributed by atoms with Gasteiger partial charge >= 0.3 is 0 Å². The average Bonchev–Trinajstić information content (AvgIpc) is 3.10. The van der Waals surface area contributed by atoms with Gasteiger partial charge in [-0.25, -0.2) is 5.84 Å². The summed E-state index contributed by atoms with van der Waals surface area (Å²) in [5.41, 5.74) is 19.2. The van der Waals surface area contributed by atoms with Gasteiger partial charge in [-0.1, -0.05) is 26.7 Å². The zero-order valence-electron chi connectivity index (χ0n) is 34.2. The molecule has 55 heavy (non-hydrogen) atoms. The molecule has 18 nitrogen and oxygen atoms in total. The number of unbranched alkanes of at least 4 members (excludes halogenated alkanes) is 1. The van der Waals surface area contributed by atoms with Crippen molar-refractivity contribution >= 4 is 23.6 Å². The Bertz CT molecular complexity index is 1140. The van der Waals surface area contributed by atoms with E-state index in [0.717, 1.165) is 36.0 Å². The van der Waals surface area contributed by atoms with Gasteiger partial charge < -0.3 is 66.3 Å². The van der Waals surface area contributed by atoms with Crippen molar-refractivity contribution in [1.29, 1.82) is 0 Å². The van der Waals surface area contributed by atoms with Gasteiger partial charge in [-0.2, -0.15) is 0 Å². The van der Waals surface area contributed by atoms with Gasteiger partial charge in [-0.3, -0.25) is 19.2 Å². The second-order valence-electron chi connectivity index (χ2n) is 15.1. The van der Waals surface area contributed by atoms with Crippen LogP contribution in [-0.2, 0) is 42.9 Å². The minimum absolute atomic E-state index is 0.0118. The number of hydrogen-bond donors (Lipinski definition) is 7. The van der Waals surface area contributed by atoms with Crippen LogP contribution in [-0.4, -0.2) is 158 Å². The number of ether oxygens (including phenoxy) is 5. The van der Waals surface area contributed by atoms with Crippen LogP contribution in [0, 0.1) is 5.92 Å². The Kier molecular flexibility index (Phi) is 26.5. The number of hydrazine groups is 1. The molecule has 3 atom stereocenters. The van der Waals surface area contributed by atoms with Crippen LogP contribution in [0.25, 0.3) is 0 Å². The number of primary amides is 1. The monoisotopic (exact) mass is 789 g/mol. The Morgan fingerprint density at radius 2 is 1.44 bits per heavy atom. The molecule has 0 fully saturated rings. The Balaban J connectivity index is 2.21. The minimum Gasteiger partial charge on any atom is -0.398 e. The van der Waals surface area contributed by atoms with Gasteiger partial charge in [-0.15, -0.1) is 0 Å². The third-order valence-electron chi connectivity index (χ3n) is 8.86. The molecule has 0 radical (unpaired) electrons. The molecule has 0 aliphatic heterocycles. The van der Waals surface area contributed by atoms with E-state index in [4.69, 9.17) is 46.7 Å². The van der Waals surface area contributed by atoms with Crippen molar-refractivity contribution in [1.82, 2.24) is 21.0 Å². The maximum absolute atomic E-state index is 12.5. The molecule has 0 heterocycles. The zero-order valence-corrected chi connectivity index (χ0v) is 34.2. The molecule has 320 valence electrons. The van der Waals surface area contributed by atoms with Crippen molar-refractivity contribution in [3.05, 3.63) is 11.4 Å². The Morgan fingerprint density at radius 3 is 2.04 bits per heavy atom. The highest BCUT2D eigenvalue weighted by Crippen LogP contribution is 2.24. The molecule has 1 aliphatic carbocycles. The summed E-state index contributed by atoms with van der Waals surface area (Å²) >= 11 is 0. The van der Waals surface area contributed by atoms with Crippen molar-refractivity contribution < 1.29 is 47.3 Å². The van der Waals surface area contributed by atoms with Gasteiger partial charge in [0.1, 0.15) is 12.6 Å². The molecule has 0 saturated heterocycles. The Labute approximate surface area is 328 Å².